The van der Waals surface area contributed by atoms with Crippen molar-refractivity contribution in [1.82, 2.24) is 0 Å². The van der Waals surface area contributed by atoms with Crippen LogP contribution in [0, 0.1) is 6.92 Å². The summed E-state index contributed by atoms with van der Waals surface area (Å²) in [6.45, 7) is 2.02. The smallest absolute Gasteiger partial charge is 0.232 e. The van der Waals surface area contributed by atoms with Crippen LogP contribution in [0.1, 0.15) is 12.0 Å². The van der Waals surface area contributed by atoms with E-state index in [1.807, 2.05) is 31.2 Å². The fourth-order valence-corrected chi connectivity index (χ4v) is 3.23. The van der Waals surface area contributed by atoms with Crippen molar-refractivity contribution in [3.05, 3.63) is 54.1 Å². The molecule has 7 heteroatoms. The number of anilines is 2. The van der Waals surface area contributed by atoms with E-state index in [1.54, 1.807) is 31.4 Å². The zero-order chi connectivity index (χ0) is 18.4. The number of methoxy groups -OCH3 is 1. The molecule has 0 heterocycles. The molecule has 0 fully saturated rings. The molecule has 0 aliphatic heterocycles. The van der Waals surface area contributed by atoms with Crippen LogP contribution in [0.15, 0.2) is 48.5 Å². The standard InChI is InChI=1S/C18H22N2O4S/c1-14-4-6-15(7-5-14)19-18(21)12-13-20(25(3,22)23)16-8-10-17(24-2)11-9-16/h4-11H,12-13H2,1-3H3,(H,19,21). The summed E-state index contributed by atoms with van der Waals surface area (Å²) in [6.07, 6.45) is 1.17. The van der Waals surface area contributed by atoms with Crippen LogP contribution in [0.25, 0.3) is 0 Å². The fourth-order valence-electron chi connectivity index (χ4n) is 2.30. The maximum atomic E-state index is 12.1. The van der Waals surface area contributed by atoms with Gasteiger partial charge in [0.1, 0.15) is 5.75 Å². The van der Waals surface area contributed by atoms with Gasteiger partial charge in [0.15, 0.2) is 0 Å². The van der Waals surface area contributed by atoms with E-state index in [-0.39, 0.29) is 18.9 Å². The van der Waals surface area contributed by atoms with Crippen molar-refractivity contribution in [2.45, 2.75) is 13.3 Å². The highest BCUT2D eigenvalue weighted by Gasteiger charge is 2.18. The Balaban J connectivity index is 2.04. The number of rotatable bonds is 7. The maximum Gasteiger partial charge on any atom is 0.232 e. The molecular formula is C18H22N2O4S. The quantitative estimate of drug-likeness (QED) is 0.822. The number of aryl methyl sites for hydroxylation is 1. The number of sulfonamides is 1. The number of amides is 1. The van der Waals surface area contributed by atoms with Gasteiger partial charge in [-0.3, -0.25) is 9.10 Å². The van der Waals surface area contributed by atoms with E-state index in [9.17, 15) is 13.2 Å². The molecule has 0 aliphatic rings. The van der Waals surface area contributed by atoms with Crippen molar-refractivity contribution in [2.24, 2.45) is 0 Å². The first kappa shape index (κ1) is 18.8. The number of carbonyl (C=O) groups excluding carboxylic acids is 1. The summed E-state index contributed by atoms with van der Waals surface area (Å²) in [5, 5.41) is 2.77. The molecule has 2 aromatic carbocycles. The van der Waals surface area contributed by atoms with Crippen molar-refractivity contribution >= 4 is 27.3 Å². The fraction of sp³-hybridized carbons (Fsp3) is 0.278. The van der Waals surface area contributed by atoms with E-state index >= 15 is 0 Å². The highest BCUT2D eigenvalue weighted by atomic mass is 32.2. The number of carbonyl (C=O) groups is 1. The molecule has 25 heavy (non-hydrogen) atoms. The molecule has 0 radical (unpaired) electrons. The van der Waals surface area contributed by atoms with Crippen LogP contribution in [-0.2, 0) is 14.8 Å². The minimum Gasteiger partial charge on any atom is -0.497 e. The summed E-state index contributed by atoms with van der Waals surface area (Å²) in [4.78, 5) is 12.1. The SMILES string of the molecule is COc1ccc(N(CCC(=O)Nc2ccc(C)cc2)S(C)(=O)=O)cc1. The summed E-state index contributed by atoms with van der Waals surface area (Å²) in [5.74, 6) is 0.389. The first-order valence-electron chi connectivity index (χ1n) is 7.78. The topological polar surface area (TPSA) is 75.7 Å². The largest absolute Gasteiger partial charge is 0.497 e. The van der Waals surface area contributed by atoms with Gasteiger partial charge in [0.25, 0.3) is 0 Å². The highest BCUT2D eigenvalue weighted by Crippen LogP contribution is 2.21. The molecule has 0 spiro atoms. The van der Waals surface area contributed by atoms with Crippen LogP contribution in [-0.4, -0.2) is 34.2 Å². The molecule has 0 aliphatic carbocycles. The number of hydrogen-bond donors (Lipinski definition) is 1. The average molecular weight is 362 g/mol. The second-order valence-electron chi connectivity index (χ2n) is 5.70. The van der Waals surface area contributed by atoms with Gasteiger partial charge in [-0.1, -0.05) is 17.7 Å². The molecule has 6 nitrogen and oxygen atoms in total. The third-order valence-corrected chi connectivity index (χ3v) is 4.83. The van der Waals surface area contributed by atoms with Gasteiger partial charge in [-0.15, -0.1) is 0 Å². The van der Waals surface area contributed by atoms with Crippen LogP contribution < -0.4 is 14.4 Å². The van der Waals surface area contributed by atoms with Crippen LogP contribution >= 0.6 is 0 Å². The Morgan fingerprint density at radius 2 is 1.68 bits per heavy atom. The number of benzene rings is 2. The lowest BCUT2D eigenvalue weighted by molar-refractivity contribution is -0.116. The highest BCUT2D eigenvalue weighted by molar-refractivity contribution is 7.92. The zero-order valence-corrected chi connectivity index (χ0v) is 15.3. The second-order valence-corrected chi connectivity index (χ2v) is 7.60. The molecule has 0 bridgehead atoms. The average Bonchev–Trinajstić information content (AvgIpc) is 2.56. The van der Waals surface area contributed by atoms with Gasteiger partial charge in [0, 0.05) is 18.7 Å². The summed E-state index contributed by atoms with van der Waals surface area (Å²) >= 11 is 0. The van der Waals surface area contributed by atoms with Crippen molar-refractivity contribution in [2.75, 3.05) is 29.5 Å². The summed E-state index contributed by atoms with van der Waals surface area (Å²) in [6, 6.07) is 14.1. The first-order chi connectivity index (χ1) is 11.8. The summed E-state index contributed by atoms with van der Waals surface area (Å²) in [5.41, 5.74) is 2.28. The second kappa shape index (κ2) is 8.02. The van der Waals surface area contributed by atoms with Crippen LogP contribution in [0.5, 0.6) is 5.75 Å². The van der Waals surface area contributed by atoms with E-state index < -0.39 is 10.0 Å². The van der Waals surface area contributed by atoms with Crippen LogP contribution in [0.2, 0.25) is 0 Å². The van der Waals surface area contributed by atoms with Crippen LogP contribution in [0.4, 0.5) is 11.4 Å². The molecule has 0 saturated heterocycles. The van der Waals surface area contributed by atoms with Crippen molar-refractivity contribution < 1.29 is 17.9 Å². The summed E-state index contributed by atoms with van der Waals surface area (Å²) in [7, 11) is -1.96. The number of nitrogens with one attached hydrogen (secondary N) is 1. The number of hydrogen-bond acceptors (Lipinski definition) is 4. The molecule has 1 N–H and O–H groups in total. The van der Waals surface area contributed by atoms with E-state index in [4.69, 9.17) is 4.74 Å². The van der Waals surface area contributed by atoms with Gasteiger partial charge in [0.05, 0.1) is 19.1 Å². The molecule has 0 unspecified atom stereocenters. The summed E-state index contributed by atoms with van der Waals surface area (Å²) < 4.78 is 30.4. The Morgan fingerprint density at radius 1 is 1.08 bits per heavy atom. The molecule has 2 aromatic rings. The zero-order valence-electron chi connectivity index (χ0n) is 14.5. The third kappa shape index (κ3) is 5.49. The lowest BCUT2D eigenvalue weighted by Crippen LogP contribution is -2.33. The molecule has 0 saturated carbocycles. The van der Waals surface area contributed by atoms with E-state index in [1.165, 1.54) is 4.31 Å². The molecule has 2 rings (SSSR count). The van der Waals surface area contributed by atoms with Crippen molar-refractivity contribution in [1.29, 1.82) is 0 Å². The normalized spacial score (nSPS) is 11.0. The molecule has 0 atom stereocenters. The minimum atomic E-state index is -3.50. The minimum absolute atomic E-state index is 0.0486. The molecular weight excluding hydrogens is 340 g/mol. The first-order valence-corrected chi connectivity index (χ1v) is 9.63. The predicted molar refractivity (Wildman–Crippen MR) is 99.6 cm³/mol. The molecule has 1 amide bonds. The van der Waals surface area contributed by atoms with Gasteiger partial charge in [0.2, 0.25) is 15.9 Å². The lowest BCUT2D eigenvalue weighted by Gasteiger charge is -2.22. The Labute approximate surface area is 148 Å². The van der Waals surface area contributed by atoms with Crippen LogP contribution in [0.3, 0.4) is 0 Å². The van der Waals surface area contributed by atoms with Gasteiger partial charge in [-0.25, -0.2) is 8.42 Å². The van der Waals surface area contributed by atoms with E-state index in [0.717, 1.165) is 11.8 Å². The van der Waals surface area contributed by atoms with Gasteiger partial charge in [-0.2, -0.15) is 0 Å². The Bertz CT molecular complexity index is 815. The van der Waals surface area contributed by atoms with E-state index in [0.29, 0.717) is 17.1 Å². The molecule has 0 aromatic heterocycles. The van der Waals surface area contributed by atoms with Crippen molar-refractivity contribution in [3.8, 4) is 5.75 Å². The van der Waals surface area contributed by atoms with Gasteiger partial charge >= 0.3 is 0 Å². The number of nitrogens with zero attached hydrogens (tertiary/aromatic N) is 1. The van der Waals surface area contributed by atoms with Gasteiger partial charge in [-0.05, 0) is 43.3 Å². The Hall–Kier alpha value is -2.54. The Kier molecular flexibility index (Phi) is 6.03. The van der Waals surface area contributed by atoms with Gasteiger partial charge < -0.3 is 10.1 Å². The number of ether oxygens (including phenoxy) is 1. The Morgan fingerprint density at radius 3 is 2.20 bits per heavy atom. The maximum absolute atomic E-state index is 12.1. The molecule has 134 valence electrons. The lowest BCUT2D eigenvalue weighted by atomic mass is 10.2. The van der Waals surface area contributed by atoms with Crippen molar-refractivity contribution in [3.63, 3.8) is 0 Å². The monoisotopic (exact) mass is 362 g/mol. The predicted octanol–water partition coefficient (Wildman–Crippen LogP) is 2.80. The third-order valence-electron chi connectivity index (χ3n) is 3.64. The van der Waals surface area contributed by atoms with E-state index in [2.05, 4.69) is 5.32 Å².